The average molecular weight is 241 g/mol. The molecule has 1 saturated carbocycles. The first-order valence-corrected chi connectivity index (χ1v) is 6.36. The predicted molar refractivity (Wildman–Crippen MR) is 74.7 cm³/mol. The highest BCUT2D eigenvalue weighted by Crippen LogP contribution is 2.31. The van der Waals surface area contributed by atoms with Crippen molar-refractivity contribution in [2.75, 3.05) is 6.54 Å². The molecule has 0 unspecified atom stereocenters. The van der Waals surface area contributed by atoms with E-state index in [0.717, 1.165) is 24.0 Å². The average Bonchev–Trinajstić information content (AvgIpc) is 3.20. The second-order valence-corrected chi connectivity index (χ2v) is 4.82. The lowest BCUT2D eigenvalue weighted by Crippen LogP contribution is -2.28. The zero-order valence-corrected chi connectivity index (χ0v) is 10.8. The number of benzene rings is 1. The lowest BCUT2D eigenvalue weighted by molar-refractivity contribution is -0.129. The Morgan fingerprint density at radius 3 is 2.61 bits per heavy atom. The molecular weight excluding hydrogens is 222 g/mol. The highest BCUT2D eigenvalue weighted by molar-refractivity contribution is 5.82. The summed E-state index contributed by atoms with van der Waals surface area (Å²) in [5.41, 5.74) is 2.33. The third-order valence-electron chi connectivity index (χ3n) is 3.06. The SMILES string of the molecule is C=CN(CC(C)=Cc1ccccc1)C(=O)C1CC1. The number of amides is 1. The van der Waals surface area contributed by atoms with Crippen molar-refractivity contribution in [3.8, 4) is 0 Å². The van der Waals surface area contributed by atoms with Gasteiger partial charge in [-0.1, -0.05) is 48.6 Å². The van der Waals surface area contributed by atoms with Gasteiger partial charge in [0.15, 0.2) is 0 Å². The van der Waals surface area contributed by atoms with E-state index in [9.17, 15) is 4.79 Å². The first-order chi connectivity index (χ1) is 8.70. The maximum atomic E-state index is 12.0. The van der Waals surface area contributed by atoms with Crippen molar-refractivity contribution < 1.29 is 4.79 Å². The molecule has 94 valence electrons. The fourth-order valence-corrected chi connectivity index (χ4v) is 1.95. The van der Waals surface area contributed by atoms with Crippen LogP contribution in [0.15, 0.2) is 48.7 Å². The zero-order valence-electron chi connectivity index (χ0n) is 10.8. The van der Waals surface area contributed by atoms with E-state index in [4.69, 9.17) is 0 Å². The molecule has 0 aliphatic heterocycles. The van der Waals surface area contributed by atoms with Gasteiger partial charge in [-0.05, 0) is 31.5 Å². The van der Waals surface area contributed by atoms with E-state index in [1.807, 2.05) is 25.1 Å². The summed E-state index contributed by atoms with van der Waals surface area (Å²) in [7, 11) is 0. The van der Waals surface area contributed by atoms with Gasteiger partial charge in [-0.3, -0.25) is 4.79 Å². The van der Waals surface area contributed by atoms with Gasteiger partial charge in [0.1, 0.15) is 0 Å². The van der Waals surface area contributed by atoms with Crippen molar-refractivity contribution in [1.82, 2.24) is 4.90 Å². The van der Waals surface area contributed by atoms with Crippen molar-refractivity contribution in [1.29, 1.82) is 0 Å². The van der Waals surface area contributed by atoms with Crippen LogP contribution in [0.5, 0.6) is 0 Å². The van der Waals surface area contributed by atoms with Crippen LogP contribution in [0.25, 0.3) is 6.08 Å². The van der Waals surface area contributed by atoms with Gasteiger partial charge in [-0.25, -0.2) is 0 Å². The van der Waals surface area contributed by atoms with Gasteiger partial charge in [0.05, 0.1) is 0 Å². The fourth-order valence-electron chi connectivity index (χ4n) is 1.95. The van der Waals surface area contributed by atoms with E-state index < -0.39 is 0 Å². The smallest absolute Gasteiger partial charge is 0.229 e. The summed E-state index contributed by atoms with van der Waals surface area (Å²) in [6, 6.07) is 10.1. The van der Waals surface area contributed by atoms with E-state index in [-0.39, 0.29) is 11.8 Å². The molecule has 0 bridgehead atoms. The molecule has 1 fully saturated rings. The molecule has 2 heteroatoms. The Morgan fingerprint density at radius 1 is 1.39 bits per heavy atom. The molecule has 0 spiro atoms. The number of rotatable bonds is 5. The third kappa shape index (κ3) is 3.33. The molecular formula is C16H19NO. The highest BCUT2D eigenvalue weighted by Gasteiger charge is 2.32. The van der Waals surface area contributed by atoms with Crippen LogP contribution < -0.4 is 0 Å². The molecule has 0 atom stereocenters. The van der Waals surface area contributed by atoms with Gasteiger partial charge >= 0.3 is 0 Å². The van der Waals surface area contributed by atoms with Gasteiger partial charge in [0, 0.05) is 12.5 Å². The van der Waals surface area contributed by atoms with Gasteiger partial charge in [-0.15, -0.1) is 0 Å². The summed E-state index contributed by atoms with van der Waals surface area (Å²) in [5, 5.41) is 0. The number of nitrogens with zero attached hydrogens (tertiary/aromatic N) is 1. The maximum Gasteiger partial charge on any atom is 0.229 e. The minimum absolute atomic E-state index is 0.214. The van der Waals surface area contributed by atoms with Crippen LogP contribution >= 0.6 is 0 Å². The Kier molecular flexibility index (Phi) is 3.98. The number of hydrogen-bond acceptors (Lipinski definition) is 1. The molecule has 0 N–H and O–H groups in total. The standard InChI is InChI=1S/C16H19NO/c1-3-17(16(18)15-9-10-15)12-13(2)11-14-7-5-4-6-8-14/h3-8,11,15H,1,9-10,12H2,2H3. The summed E-state index contributed by atoms with van der Waals surface area (Å²) in [6.45, 7) is 6.41. The minimum atomic E-state index is 0.214. The molecule has 1 amide bonds. The van der Waals surface area contributed by atoms with E-state index in [2.05, 4.69) is 24.8 Å². The molecule has 0 radical (unpaired) electrons. The monoisotopic (exact) mass is 241 g/mol. The largest absolute Gasteiger partial charge is 0.315 e. The van der Waals surface area contributed by atoms with Crippen molar-refractivity contribution in [2.24, 2.45) is 5.92 Å². The minimum Gasteiger partial charge on any atom is -0.315 e. The molecule has 1 aliphatic carbocycles. The first-order valence-electron chi connectivity index (χ1n) is 6.36. The molecule has 2 rings (SSSR count). The lowest BCUT2D eigenvalue weighted by atomic mass is 10.1. The van der Waals surface area contributed by atoms with Crippen molar-refractivity contribution in [3.63, 3.8) is 0 Å². The fraction of sp³-hybridized carbons (Fsp3) is 0.312. The molecule has 2 nitrogen and oxygen atoms in total. The molecule has 0 aromatic heterocycles. The Bertz CT molecular complexity index is 457. The number of hydrogen-bond donors (Lipinski definition) is 0. The van der Waals surface area contributed by atoms with Crippen molar-refractivity contribution in [2.45, 2.75) is 19.8 Å². The van der Waals surface area contributed by atoms with Crippen LogP contribution in [0.1, 0.15) is 25.3 Å². The van der Waals surface area contributed by atoms with Crippen LogP contribution in [0.4, 0.5) is 0 Å². The van der Waals surface area contributed by atoms with Crippen LogP contribution in [-0.4, -0.2) is 17.4 Å². The van der Waals surface area contributed by atoms with Crippen molar-refractivity contribution >= 4 is 12.0 Å². The Hall–Kier alpha value is -1.83. The Balaban J connectivity index is 2.00. The van der Waals surface area contributed by atoms with Crippen LogP contribution in [-0.2, 0) is 4.79 Å². The van der Waals surface area contributed by atoms with E-state index in [1.54, 1.807) is 11.1 Å². The van der Waals surface area contributed by atoms with Gasteiger partial charge in [-0.2, -0.15) is 0 Å². The van der Waals surface area contributed by atoms with Crippen molar-refractivity contribution in [3.05, 3.63) is 54.2 Å². The van der Waals surface area contributed by atoms with E-state index in [0.29, 0.717) is 6.54 Å². The molecule has 18 heavy (non-hydrogen) atoms. The van der Waals surface area contributed by atoms with Crippen LogP contribution in [0, 0.1) is 5.92 Å². The summed E-state index contributed by atoms with van der Waals surface area (Å²) in [6.07, 6.45) is 5.81. The second-order valence-electron chi connectivity index (χ2n) is 4.82. The Labute approximate surface area is 109 Å². The quantitative estimate of drug-likeness (QED) is 0.773. The summed E-state index contributed by atoms with van der Waals surface area (Å²) < 4.78 is 0. The lowest BCUT2D eigenvalue weighted by Gasteiger charge is -2.18. The predicted octanol–water partition coefficient (Wildman–Crippen LogP) is 3.47. The van der Waals surface area contributed by atoms with Crippen LogP contribution in [0.2, 0.25) is 0 Å². The maximum absolute atomic E-state index is 12.0. The zero-order chi connectivity index (χ0) is 13.0. The van der Waals surface area contributed by atoms with Gasteiger partial charge in [0.2, 0.25) is 5.91 Å². The highest BCUT2D eigenvalue weighted by atomic mass is 16.2. The summed E-state index contributed by atoms with van der Waals surface area (Å²) in [5.74, 6) is 0.457. The molecule has 1 aliphatic rings. The first kappa shape index (κ1) is 12.6. The topological polar surface area (TPSA) is 20.3 Å². The summed E-state index contributed by atoms with van der Waals surface area (Å²) in [4.78, 5) is 13.7. The summed E-state index contributed by atoms with van der Waals surface area (Å²) >= 11 is 0. The Morgan fingerprint density at radius 2 is 2.06 bits per heavy atom. The van der Waals surface area contributed by atoms with Gasteiger partial charge in [0.25, 0.3) is 0 Å². The molecule has 1 aromatic carbocycles. The molecule has 1 aromatic rings. The van der Waals surface area contributed by atoms with E-state index in [1.165, 1.54) is 0 Å². The number of carbonyl (C=O) groups is 1. The molecule has 0 heterocycles. The number of carbonyl (C=O) groups excluding carboxylic acids is 1. The van der Waals surface area contributed by atoms with E-state index >= 15 is 0 Å². The normalized spacial score (nSPS) is 15.3. The van der Waals surface area contributed by atoms with Crippen LogP contribution in [0.3, 0.4) is 0 Å². The van der Waals surface area contributed by atoms with Gasteiger partial charge < -0.3 is 4.90 Å². The molecule has 0 saturated heterocycles. The third-order valence-corrected chi connectivity index (χ3v) is 3.06. The second kappa shape index (κ2) is 5.67.